The molecule has 1 saturated carbocycles. The van der Waals surface area contributed by atoms with Gasteiger partial charge in [-0.3, -0.25) is 19.5 Å². The molecule has 1 atom stereocenters. The van der Waals surface area contributed by atoms with Crippen molar-refractivity contribution in [3.05, 3.63) is 83.9 Å². The topological polar surface area (TPSA) is 84.4 Å². The molecule has 7 nitrogen and oxygen atoms in total. The number of hydrogen-bond donors (Lipinski definition) is 1. The van der Waals surface area contributed by atoms with Crippen LogP contribution in [0.25, 0.3) is 0 Å². The summed E-state index contributed by atoms with van der Waals surface area (Å²) in [6.45, 7) is 4.46. The molecule has 1 fully saturated rings. The van der Waals surface area contributed by atoms with E-state index in [-0.39, 0.29) is 23.6 Å². The minimum atomic E-state index is -0.884. The lowest BCUT2D eigenvalue weighted by Crippen LogP contribution is -2.47. The summed E-state index contributed by atoms with van der Waals surface area (Å²) in [5, 5.41) is 3.23. The van der Waals surface area contributed by atoms with Crippen molar-refractivity contribution in [1.29, 1.82) is 0 Å². The zero-order chi connectivity index (χ0) is 24.6. The number of ether oxygens (including phenoxy) is 1. The zero-order valence-corrected chi connectivity index (χ0v) is 20.3. The van der Waals surface area contributed by atoms with Gasteiger partial charge < -0.3 is 10.1 Å². The summed E-state index contributed by atoms with van der Waals surface area (Å²) in [5.41, 5.74) is 2.54. The van der Waals surface area contributed by atoms with Crippen LogP contribution in [0.2, 0.25) is 0 Å². The molecule has 7 heteroatoms. The Kier molecular flexibility index (Phi) is 8.08. The normalized spacial score (nSPS) is 14.7. The van der Waals surface area contributed by atoms with Gasteiger partial charge in [-0.2, -0.15) is 0 Å². The van der Waals surface area contributed by atoms with Crippen molar-refractivity contribution in [3.63, 3.8) is 0 Å². The quantitative estimate of drug-likeness (QED) is 0.498. The number of hydrogen-bond acceptors (Lipinski definition) is 5. The van der Waals surface area contributed by atoms with Gasteiger partial charge in [0.05, 0.1) is 12.8 Å². The van der Waals surface area contributed by atoms with Crippen LogP contribution < -0.4 is 15.0 Å². The zero-order valence-electron chi connectivity index (χ0n) is 20.3. The lowest BCUT2D eigenvalue weighted by molar-refractivity contribution is -0.123. The fourth-order valence-electron chi connectivity index (χ4n) is 4.48. The summed E-state index contributed by atoms with van der Waals surface area (Å²) in [5.74, 6) is 0.114. The van der Waals surface area contributed by atoms with Crippen molar-refractivity contribution in [1.82, 2.24) is 15.3 Å². The van der Waals surface area contributed by atoms with Crippen LogP contribution in [-0.4, -0.2) is 34.4 Å². The Hall–Kier alpha value is -3.74. The van der Waals surface area contributed by atoms with Gasteiger partial charge >= 0.3 is 0 Å². The molecule has 1 heterocycles. The number of amides is 2. The van der Waals surface area contributed by atoms with Crippen LogP contribution in [0.5, 0.6) is 5.75 Å². The number of carbonyl (C=O) groups excluding carboxylic acids is 2. The van der Waals surface area contributed by atoms with E-state index in [9.17, 15) is 9.59 Å². The van der Waals surface area contributed by atoms with E-state index in [4.69, 9.17) is 4.74 Å². The standard InChI is InChI=1S/C28H32N4O3/c1-3-35-24-15-11-21(12-16-24)26(27(33)31-22-7-5-4-6-8-22)32(23-13-9-20(2)10-14-23)28(34)25-19-29-17-18-30-25/h9-19,22,26H,3-8H2,1-2H3,(H,31,33). The van der Waals surface area contributed by atoms with Gasteiger partial charge in [0.2, 0.25) is 5.91 Å². The Morgan fingerprint density at radius 3 is 2.37 bits per heavy atom. The molecule has 2 aromatic carbocycles. The third-order valence-corrected chi connectivity index (χ3v) is 6.28. The van der Waals surface area contributed by atoms with Gasteiger partial charge in [0, 0.05) is 24.1 Å². The summed E-state index contributed by atoms with van der Waals surface area (Å²) < 4.78 is 5.60. The Morgan fingerprint density at radius 2 is 1.74 bits per heavy atom. The number of nitrogens with one attached hydrogen (secondary N) is 1. The predicted molar refractivity (Wildman–Crippen MR) is 135 cm³/mol. The largest absolute Gasteiger partial charge is 0.494 e. The first kappa shape index (κ1) is 24.4. The first-order valence-corrected chi connectivity index (χ1v) is 12.3. The van der Waals surface area contributed by atoms with E-state index in [1.165, 1.54) is 29.9 Å². The maximum Gasteiger partial charge on any atom is 0.279 e. The molecule has 0 bridgehead atoms. The van der Waals surface area contributed by atoms with E-state index >= 15 is 0 Å². The highest BCUT2D eigenvalue weighted by molar-refractivity contribution is 6.09. The van der Waals surface area contributed by atoms with Gasteiger partial charge in [0.1, 0.15) is 17.5 Å². The average molecular weight is 473 g/mol. The van der Waals surface area contributed by atoms with Crippen LogP contribution in [0.3, 0.4) is 0 Å². The van der Waals surface area contributed by atoms with Crippen molar-refractivity contribution in [3.8, 4) is 5.75 Å². The Bertz CT molecular complexity index is 1110. The number of aromatic nitrogens is 2. The van der Waals surface area contributed by atoms with Crippen molar-refractivity contribution in [2.24, 2.45) is 0 Å². The first-order valence-electron chi connectivity index (χ1n) is 12.3. The molecule has 4 rings (SSSR count). The van der Waals surface area contributed by atoms with Crippen LogP contribution in [0.15, 0.2) is 67.1 Å². The third kappa shape index (κ3) is 6.04. The summed E-state index contributed by atoms with van der Waals surface area (Å²) in [7, 11) is 0. The van der Waals surface area contributed by atoms with Crippen molar-refractivity contribution >= 4 is 17.5 Å². The number of rotatable bonds is 8. The lowest BCUT2D eigenvalue weighted by atomic mass is 9.94. The molecule has 1 unspecified atom stereocenters. The maximum atomic E-state index is 13.9. The molecule has 1 N–H and O–H groups in total. The second-order valence-corrected chi connectivity index (χ2v) is 8.85. The van der Waals surface area contributed by atoms with Gasteiger partial charge in [-0.1, -0.05) is 49.1 Å². The molecule has 0 aliphatic heterocycles. The molecule has 35 heavy (non-hydrogen) atoms. The number of anilines is 1. The van der Waals surface area contributed by atoms with E-state index in [1.807, 2.05) is 62.4 Å². The summed E-state index contributed by atoms with van der Waals surface area (Å²) in [4.78, 5) is 37.5. The molecule has 0 saturated heterocycles. The minimum Gasteiger partial charge on any atom is -0.494 e. The fourth-order valence-corrected chi connectivity index (χ4v) is 4.48. The average Bonchev–Trinajstić information content (AvgIpc) is 2.89. The van der Waals surface area contributed by atoms with E-state index in [0.29, 0.717) is 23.6 Å². The second kappa shape index (κ2) is 11.6. The monoisotopic (exact) mass is 472 g/mol. The highest BCUT2D eigenvalue weighted by Gasteiger charge is 2.35. The highest BCUT2D eigenvalue weighted by Crippen LogP contribution is 2.31. The highest BCUT2D eigenvalue weighted by atomic mass is 16.5. The number of nitrogens with zero attached hydrogens (tertiary/aromatic N) is 3. The summed E-state index contributed by atoms with van der Waals surface area (Å²) in [6.07, 6.45) is 9.71. The van der Waals surface area contributed by atoms with Crippen LogP contribution >= 0.6 is 0 Å². The molecule has 1 aliphatic rings. The van der Waals surface area contributed by atoms with Crippen molar-refractivity contribution < 1.29 is 14.3 Å². The Balaban J connectivity index is 1.78. The minimum absolute atomic E-state index is 0.105. The van der Waals surface area contributed by atoms with Crippen molar-refractivity contribution in [2.45, 2.75) is 58.0 Å². The molecule has 182 valence electrons. The van der Waals surface area contributed by atoms with Crippen molar-refractivity contribution in [2.75, 3.05) is 11.5 Å². The maximum absolute atomic E-state index is 13.9. The molecule has 1 aromatic heterocycles. The van der Waals surface area contributed by atoms with Gasteiger partial charge in [0.25, 0.3) is 5.91 Å². The van der Waals surface area contributed by atoms with E-state index in [1.54, 1.807) is 0 Å². The van der Waals surface area contributed by atoms with Gasteiger partial charge in [0.15, 0.2) is 0 Å². The molecule has 2 amide bonds. The summed E-state index contributed by atoms with van der Waals surface area (Å²) >= 11 is 0. The fraction of sp³-hybridized carbons (Fsp3) is 0.357. The van der Waals surface area contributed by atoms with Gasteiger partial charge in [-0.05, 0) is 56.5 Å². The first-order chi connectivity index (χ1) is 17.1. The number of aryl methyl sites for hydroxylation is 1. The van der Waals surface area contributed by atoms with E-state index < -0.39 is 6.04 Å². The molecular weight excluding hydrogens is 440 g/mol. The number of benzene rings is 2. The van der Waals surface area contributed by atoms with Gasteiger partial charge in [-0.25, -0.2) is 4.98 Å². The van der Waals surface area contributed by atoms with Crippen LogP contribution in [-0.2, 0) is 4.79 Å². The predicted octanol–water partition coefficient (Wildman–Crippen LogP) is 5.02. The third-order valence-electron chi connectivity index (χ3n) is 6.28. The lowest BCUT2D eigenvalue weighted by Gasteiger charge is -2.33. The number of carbonyl (C=O) groups is 2. The molecule has 0 spiro atoms. The Labute approximate surface area is 206 Å². The van der Waals surface area contributed by atoms with Crippen LogP contribution in [0.4, 0.5) is 5.69 Å². The summed E-state index contributed by atoms with van der Waals surface area (Å²) in [6, 6.07) is 14.2. The smallest absolute Gasteiger partial charge is 0.279 e. The SMILES string of the molecule is CCOc1ccc(C(C(=O)NC2CCCCC2)N(C(=O)c2cnccn2)c2ccc(C)cc2)cc1. The van der Waals surface area contributed by atoms with E-state index in [2.05, 4.69) is 15.3 Å². The molecular formula is C28H32N4O3. The van der Waals surface area contributed by atoms with Crippen LogP contribution in [0.1, 0.15) is 66.7 Å². The molecule has 0 radical (unpaired) electrons. The second-order valence-electron chi connectivity index (χ2n) is 8.85. The van der Waals surface area contributed by atoms with Crippen LogP contribution in [0, 0.1) is 6.92 Å². The molecule has 3 aromatic rings. The Morgan fingerprint density at radius 1 is 1.03 bits per heavy atom. The van der Waals surface area contributed by atoms with Gasteiger partial charge in [-0.15, -0.1) is 0 Å². The molecule has 1 aliphatic carbocycles. The van der Waals surface area contributed by atoms with E-state index in [0.717, 1.165) is 31.2 Å².